The normalized spacial score (nSPS) is 19.8. The summed E-state index contributed by atoms with van der Waals surface area (Å²) >= 11 is 5.88. The van der Waals surface area contributed by atoms with Crippen LogP contribution in [-0.2, 0) is 11.3 Å². The molecule has 112 valence electrons. The van der Waals surface area contributed by atoms with E-state index in [1.165, 1.54) is 0 Å². The second kappa shape index (κ2) is 6.56. The number of nitrogens with zero attached hydrogens (tertiary/aromatic N) is 3. The smallest absolute Gasteiger partial charge is 0.241 e. The summed E-state index contributed by atoms with van der Waals surface area (Å²) in [4.78, 5) is 6.74. The number of piperidine rings is 1. The lowest BCUT2D eigenvalue weighted by molar-refractivity contribution is 0.0251. The first-order valence-electron chi connectivity index (χ1n) is 7.08. The molecule has 2 aromatic rings. The van der Waals surface area contributed by atoms with E-state index in [2.05, 4.69) is 15.0 Å². The zero-order valence-corrected chi connectivity index (χ0v) is 12.7. The predicted molar refractivity (Wildman–Crippen MR) is 80.1 cm³/mol. The molecule has 2 heterocycles. The van der Waals surface area contributed by atoms with Gasteiger partial charge in [0.25, 0.3) is 0 Å². The van der Waals surface area contributed by atoms with E-state index in [9.17, 15) is 0 Å². The molecular weight excluding hydrogens is 290 g/mol. The second-order valence-corrected chi connectivity index (χ2v) is 5.69. The first-order chi connectivity index (χ1) is 10.2. The third kappa shape index (κ3) is 3.61. The van der Waals surface area contributed by atoms with Crippen LogP contribution < -0.4 is 0 Å². The van der Waals surface area contributed by atoms with Crippen molar-refractivity contribution in [1.82, 2.24) is 15.0 Å². The molecule has 1 aromatic heterocycles. The van der Waals surface area contributed by atoms with E-state index < -0.39 is 0 Å². The molecule has 1 aliphatic rings. The lowest BCUT2D eigenvalue weighted by Crippen LogP contribution is -2.38. The number of halogens is 1. The first-order valence-corrected chi connectivity index (χ1v) is 7.46. The molecule has 1 saturated heterocycles. The number of rotatable bonds is 4. The first kappa shape index (κ1) is 14.5. The van der Waals surface area contributed by atoms with Crippen LogP contribution in [-0.4, -0.2) is 41.3 Å². The van der Waals surface area contributed by atoms with Gasteiger partial charge in [-0.25, -0.2) is 0 Å². The van der Waals surface area contributed by atoms with Crippen LogP contribution in [0.4, 0.5) is 0 Å². The molecule has 0 saturated carbocycles. The predicted octanol–water partition coefficient (Wildman–Crippen LogP) is 3.00. The molecule has 1 aromatic carbocycles. The number of ether oxygens (including phenoxy) is 1. The molecule has 5 nitrogen and oxygen atoms in total. The Morgan fingerprint density at radius 3 is 2.95 bits per heavy atom. The summed E-state index contributed by atoms with van der Waals surface area (Å²) in [5.74, 6) is 1.23. The highest BCUT2D eigenvalue weighted by molar-refractivity contribution is 6.30. The average molecular weight is 308 g/mol. The van der Waals surface area contributed by atoms with Gasteiger partial charge in [0, 0.05) is 24.2 Å². The quantitative estimate of drug-likeness (QED) is 0.869. The molecule has 3 rings (SSSR count). The van der Waals surface area contributed by atoms with E-state index in [0.29, 0.717) is 29.4 Å². The van der Waals surface area contributed by atoms with Crippen LogP contribution in [0.1, 0.15) is 18.7 Å². The van der Waals surface area contributed by atoms with Crippen molar-refractivity contribution in [3.05, 3.63) is 35.2 Å². The molecule has 1 aliphatic heterocycles. The molecule has 0 bridgehead atoms. The molecule has 1 fully saturated rings. The van der Waals surface area contributed by atoms with Crippen molar-refractivity contribution in [2.45, 2.75) is 25.5 Å². The Kier molecular flexibility index (Phi) is 4.53. The van der Waals surface area contributed by atoms with Crippen LogP contribution in [0.25, 0.3) is 11.4 Å². The van der Waals surface area contributed by atoms with Gasteiger partial charge in [-0.3, -0.25) is 4.90 Å². The number of benzene rings is 1. The van der Waals surface area contributed by atoms with Gasteiger partial charge in [-0.15, -0.1) is 0 Å². The lowest BCUT2D eigenvalue weighted by atomic mass is 10.1. The fraction of sp³-hybridized carbons (Fsp3) is 0.467. The summed E-state index contributed by atoms with van der Waals surface area (Å²) in [6.45, 7) is 2.62. The summed E-state index contributed by atoms with van der Waals surface area (Å²) in [6, 6.07) is 7.42. The van der Waals surface area contributed by atoms with Crippen molar-refractivity contribution in [1.29, 1.82) is 0 Å². The van der Waals surface area contributed by atoms with Crippen molar-refractivity contribution in [3.8, 4) is 11.4 Å². The minimum absolute atomic E-state index is 0.303. The van der Waals surface area contributed by atoms with Gasteiger partial charge < -0.3 is 9.26 Å². The number of hydrogen-bond acceptors (Lipinski definition) is 5. The van der Waals surface area contributed by atoms with Crippen LogP contribution in [0, 0.1) is 0 Å². The van der Waals surface area contributed by atoms with Crippen LogP contribution >= 0.6 is 11.6 Å². The Morgan fingerprint density at radius 2 is 2.19 bits per heavy atom. The molecule has 6 heteroatoms. The maximum Gasteiger partial charge on any atom is 0.241 e. The van der Waals surface area contributed by atoms with Crippen LogP contribution in [0.3, 0.4) is 0 Å². The van der Waals surface area contributed by atoms with E-state index in [0.717, 1.165) is 31.5 Å². The minimum Gasteiger partial charge on any atom is -0.380 e. The summed E-state index contributed by atoms with van der Waals surface area (Å²) in [5.41, 5.74) is 0.905. The summed E-state index contributed by atoms with van der Waals surface area (Å²) in [5, 5.41) is 4.73. The molecule has 1 unspecified atom stereocenters. The van der Waals surface area contributed by atoms with Gasteiger partial charge in [0.05, 0.1) is 12.6 Å². The zero-order valence-electron chi connectivity index (χ0n) is 12.0. The van der Waals surface area contributed by atoms with Gasteiger partial charge >= 0.3 is 0 Å². The van der Waals surface area contributed by atoms with Crippen LogP contribution in [0.15, 0.2) is 28.8 Å². The van der Waals surface area contributed by atoms with Crippen molar-refractivity contribution in [2.75, 3.05) is 20.2 Å². The van der Waals surface area contributed by atoms with E-state index in [4.69, 9.17) is 20.9 Å². The van der Waals surface area contributed by atoms with Crippen molar-refractivity contribution in [2.24, 2.45) is 0 Å². The Hall–Kier alpha value is -1.43. The van der Waals surface area contributed by atoms with E-state index in [-0.39, 0.29) is 0 Å². The summed E-state index contributed by atoms with van der Waals surface area (Å²) in [6.07, 6.45) is 2.56. The molecule has 0 radical (unpaired) electrons. The van der Waals surface area contributed by atoms with Gasteiger partial charge in [0.15, 0.2) is 0 Å². The summed E-state index contributed by atoms with van der Waals surface area (Å²) < 4.78 is 10.8. The second-order valence-electron chi connectivity index (χ2n) is 5.25. The van der Waals surface area contributed by atoms with Crippen molar-refractivity contribution >= 4 is 11.6 Å². The van der Waals surface area contributed by atoms with Gasteiger partial charge in [-0.2, -0.15) is 4.98 Å². The van der Waals surface area contributed by atoms with Crippen molar-refractivity contribution in [3.63, 3.8) is 0 Å². The number of hydrogen-bond donors (Lipinski definition) is 0. The Morgan fingerprint density at radius 1 is 1.38 bits per heavy atom. The third-order valence-corrected chi connectivity index (χ3v) is 3.98. The van der Waals surface area contributed by atoms with Crippen molar-refractivity contribution < 1.29 is 9.26 Å². The molecule has 21 heavy (non-hydrogen) atoms. The highest BCUT2D eigenvalue weighted by Crippen LogP contribution is 2.20. The minimum atomic E-state index is 0.303. The van der Waals surface area contributed by atoms with Crippen LogP contribution in [0.2, 0.25) is 5.02 Å². The molecule has 1 atom stereocenters. The topological polar surface area (TPSA) is 51.4 Å². The zero-order chi connectivity index (χ0) is 14.7. The molecule has 0 spiro atoms. The lowest BCUT2D eigenvalue weighted by Gasteiger charge is -2.30. The Bertz CT molecular complexity index is 585. The maximum absolute atomic E-state index is 5.88. The fourth-order valence-corrected chi connectivity index (χ4v) is 2.70. The van der Waals surface area contributed by atoms with Gasteiger partial charge in [-0.05, 0) is 43.7 Å². The number of methoxy groups -OCH3 is 1. The van der Waals surface area contributed by atoms with Gasteiger partial charge in [-0.1, -0.05) is 16.8 Å². The monoisotopic (exact) mass is 307 g/mol. The molecule has 0 amide bonds. The Balaban J connectivity index is 1.66. The molecule has 0 N–H and O–H groups in total. The largest absolute Gasteiger partial charge is 0.380 e. The Labute approximate surface area is 128 Å². The number of likely N-dealkylation sites (tertiary alicyclic amines) is 1. The van der Waals surface area contributed by atoms with Crippen LogP contribution in [0.5, 0.6) is 0 Å². The van der Waals surface area contributed by atoms with E-state index in [1.54, 1.807) is 7.11 Å². The molecule has 0 aliphatic carbocycles. The maximum atomic E-state index is 5.88. The standard InChI is InChI=1S/C15H18ClN3O2/c1-20-13-3-2-8-19(9-13)10-14-17-15(18-21-14)11-4-6-12(16)7-5-11/h4-7,13H,2-3,8-10H2,1H3. The highest BCUT2D eigenvalue weighted by atomic mass is 35.5. The van der Waals surface area contributed by atoms with Gasteiger partial charge in [0.2, 0.25) is 11.7 Å². The number of aromatic nitrogens is 2. The van der Waals surface area contributed by atoms with E-state index in [1.807, 2.05) is 24.3 Å². The van der Waals surface area contributed by atoms with E-state index >= 15 is 0 Å². The SMILES string of the molecule is COC1CCCN(Cc2nc(-c3ccc(Cl)cc3)no2)C1. The summed E-state index contributed by atoms with van der Waals surface area (Å²) in [7, 11) is 1.76. The van der Waals surface area contributed by atoms with Gasteiger partial charge in [0.1, 0.15) is 0 Å². The average Bonchev–Trinajstić information content (AvgIpc) is 2.96. The molecular formula is C15H18ClN3O2. The fourth-order valence-electron chi connectivity index (χ4n) is 2.58. The third-order valence-electron chi connectivity index (χ3n) is 3.72. The highest BCUT2D eigenvalue weighted by Gasteiger charge is 2.21.